The largest absolute Gasteiger partial charge is 0.349 e. The van der Waals surface area contributed by atoms with Crippen molar-refractivity contribution in [2.24, 2.45) is 0 Å². The molecule has 2 rings (SSSR count). The van der Waals surface area contributed by atoms with Crippen LogP contribution in [0.4, 0.5) is 0 Å². The first kappa shape index (κ1) is 9.53. The van der Waals surface area contributed by atoms with E-state index < -0.39 is 0 Å². The smallest absolute Gasteiger partial charge is 0.0853 e. The van der Waals surface area contributed by atoms with E-state index in [0.29, 0.717) is 0 Å². The lowest BCUT2D eigenvalue weighted by molar-refractivity contribution is 0.980. The van der Waals surface area contributed by atoms with Crippen LogP contribution in [-0.4, -0.2) is 0 Å². The molecule has 0 aromatic rings. The van der Waals surface area contributed by atoms with Crippen molar-refractivity contribution < 1.29 is 0 Å². The van der Waals surface area contributed by atoms with Gasteiger partial charge in [0.15, 0.2) is 0 Å². The number of dihydropyridines is 1. The summed E-state index contributed by atoms with van der Waals surface area (Å²) < 4.78 is 1.06. The maximum Gasteiger partial charge on any atom is 0.0853 e. The summed E-state index contributed by atoms with van der Waals surface area (Å²) in [6, 6.07) is 0. The molecule has 0 aromatic heterocycles. The fraction of sp³-hybridized carbons (Fsp3) is 0.167. The molecule has 0 aromatic carbocycles. The lowest BCUT2D eigenvalue weighted by atomic mass is 10.0. The lowest BCUT2D eigenvalue weighted by Gasteiger charge is -2.20. The second-order valence-electron chi connectivity index (χ2n) is 3.39. The van der Waals surface area contributed by atoms with Crippen molar-refractivity contribution in [3.05, 3.63) is 57.9 Å². The summed E-state index contributed by atoms with van der Waals surface area (Å²) in [7, 11) is 0. The highest BCUT2D eigenvalue weighted by atomic mass is 79.9. The lowest BCUT2D eigenvalue weighted by Crippen LogP contribution is -2.16. The van der Waals surface area contributed by atoms with Crippen LogP contribution in [0.2, 0.25) is 0 Å². The van der Waals surface area contributed by atoms with Crippen molar-refractivity contribution in [2.75, 3.05) is 0 Å². The molecule has 0 spiro atoms. The highest BCUT2D eigenvalue weighted by Crippen LogP contribution is 2.26. The predicted octanol–water partition coefficient (Wildman–Crippen LogP) is 3.54. The monoisotopic (exact) mass is 249 g/mol. The average Bonchev–Trinajstić information content (AvgIpc) is 2.13. The average molecular weight is 250 g/mol. The van der Waals surface area contributed by atoms with Gasteiger partial charge in [-0.3, -0.25) is 0 Å². The summed E-state index contributed by atoms with van der Waals surface area (Å²) in [4.78, 5) is 0. The second-order valence-corrected chi connectivity index (χ2v) is 4.18. The first-order valence-corrected chi connectivity index (χ1v) is 5.44. The van der Waals surface area contributed by atoms with E-state index in [1.807, 2.05) is 12.2 Å². The van der Waals surface area contributed by atoms with E-state index in [4.69, 9.17) is 0 Å². The van der Waals surface area contributed by atoms with Gasteiger partial charge in [-0.1, -0.05) is 30.4 Å². The molecule has 0 fully saturated rings. The Bertz CT molecular complexity index is 395. The zero-order chi connectivity index (χ0) is 9.97. The van der Waals surface area contributed by atoms with E-state index >= 15 is 0 Å². The summed E-state index contributed by atoms with van der Waals surface area (Å²) in [6.45, 7) is 2.10. The quantitative estimate of drug-likeness (QED) is 0.648. The Morgan fingerprint density at radius 1 is 1.29 bits per heavy atom. The number of halogens is 1. The Morgan fingerprint density at radius 3 is 3.00 bits per heavy atom. The SMILES string of the molecule is CC1=C(Br)N/C2=C/C=C\C=C/CC2=C1. The van der Waals surface area contributed by atoms with Crippen LogP contribution in [0.25, 0.3) is 0 Å². The van der Waals surface area contributed by atoms with E-state index in [1.54, 1.807) is 0 Å². The molecule has 1 aliphatic carbocycles. The number of hydrogen-bond donors (Lipinski definition) is 1. The topological polar surface area (TPSA) is 12.0 Å². The van der Waals surface area contributed by atoms with Crippen LogP contribution in [0, 0.1) is 0 Å². The minimum absolute atomic E-state index is 0.987. The van der Waals surface area contributed by atoms with Crippen LogP contribution in [0.15, 0.2) is 57.9 Å². The number of hydrogen-bond acceptors (Lipinski definition) is 1. The summed E-state index contributed by atoms with van der Waals surface area (Å²) >= 11 is 3.50. The molecule has 1 N–H and O–H groups in total. The number of nitrogens with one attached hydrogen (secondary N) is 1. The Labute approximate surface area is 92.7 Å². The van der Waals surface area contributed by atoms with Crippen molar-refractivity contribution in [3.63, 3.8) is 0 Å². The van der Waals surface area contributed by atoms with Gasteiger partial charge >= 0.3 is 0 Å². The van der Waals surface area contributed by atoms with Crippen molar-refractivity contribution in [1.82, 2.24) is 5.32 Å². The van der Waals surface area contributed by atoms with Crippen LogP contribution in [-0.2, 0) is 0 Å². The third kappa shape index (κ3) is 1.90. The third-order valence-electron chi connectivity index (χ3n) is 2.29. The Kier molecular flexibility index (Phi) is 2.73. The zero-order valence-electron chi connectivity index (χ0n) is 8.05. The highest BCUT2D eigenvalue weighted by Gasteiger charge is 2.11. The summed E-state index contributed by atoms with van der Waals surface area (Å²) in [5.41, 5.74) is 3.77. The molecule has 72 valence electrons. The molecule has 0 saturated heterocycles. The zero-order valence-corrected chi connectivity index (χ0v) is 9.64. The molecule has 0 bridgehead atoms. The van der Waals surface area contributed by atoms with Crippen molar-refractivity contribution in [3.8, 4) is 0 Å². The highest BCUT2D eigenvalue weighted by molar-refractivity contribution is 9.11. The van der Waals surface area contributed by atoms with Crippen molar-refractivity contribution >= 4 is 15.9 Å². The van der Waals surface area contributed by atoms with E-state index in [-0.39, 0.29) is 0 Å². The van der Waals surface area contributed by atoms with E-state index in [1.165, 1.54) is 16.8 Å². The van der Waals surface area contributed by atoms with Crippen LogP contribution < -0.4 is 5.32 Å². The summed E-state index contributed by atoms with van der Waals surface area (Å²) in [5.74, 6) is 0. The standard InChI is InChI=1S/C12H12BrN/c1-9-8-10-6-4-2-3-5-7-11(10)14-12(9)13/h2-5,7-8,14H,6H2,1H3/b4-2-,5-3-,11-7+. The van der Waals surface area contributed by atoms with Gasteiger partial charge in [-0.15, -0.1) is 0 Å². The molecule has 2 aliphatic rings. The molecule has 0 radical (unpaired) electrons. The molecule has 1 heterocycles. The first-order valence-electron chi connectivity index (χ1n) is 4.65. The van der Waals surface area contributed by atoms with Gasteiger partial charge in [-0.25, -0.2) is 0 Å². The van der Waals surface area contributed by atoms with Gasteiger partial charge in [0.1, 0.15) is 0 Å². The van der Waals surface area contributed by atoms with Crippen molar-refractivity contribution in [2.45, 2.75) is 13.3 Å². The van der Waals surface area contributed by atoms with Crippen LogP contribution in [0.5, 0.6) is 0 Å². The minimum atomic E-state index is 0.987. The van der Waals surface area contributed by atoms with Crippen LogP contribution >= 0.6 is 15.9 Å². The molecule has 0 amide bonds. The molecule has 14 heavy (non-hydrogen) atoms. The maximum absolute atomic E-state index is 3.50. The molecule has 0 saturated carbocycles. The predicted molar refractivity (Wildman–Crippen MR) is 63.8 cm³/mol. The van der Waals surface area contributed by atoms with Gasteiger partial charge in [0.2, 0.25) is 0 Å². The summed E-state index contributed by atoms with van der Waals surface area (Å²) in [5, 5.41) is 3.34. The Balaban J connectivity index is 2.40. The fourth-order valence-electron chi connectivity index (χ4n) is 1.51. The van der Waals surface area contributed by atoms with Gasteiger partial charge < -0.3 is 5.32 Å². The molecular formula is C12H12BrN. The first-order chi connectivity index (χ1) is 6.77. The second kappa shape index (κ2) is 4.01. The molecule has 1 aliphatic heterocycles. The summed E-state index contributed by atoms with van der Waals surface area (Å²) in [6.07, 6.45) is 13.7. The molecule has 1 nitrogen and oxygen atoms in total. The Morgan fingerprint density at radius 2 is 2.14 bits per heavy atom. The van der Waals surface area contributed by atoms with E-state index in [2.05, 4.69) is 52.5 Å². The number of rotatable bonds is 0. The fourth-order valence-corrected chi connectivity index (χ4v) is 1.83. The molecule has 0 atom stereocenters. The molecule has 0 unspecified atom stereocenters. The normalized spacial score (nSPS) is 28.7. The van der Waals surface area contributed by atoms with E-state index in [0.717, 1.165) is 11.0 Å². The third-order valence-corrected chi connectivity index (χ3v) is 3.11. The Hall–Kier alpha value is -1.02. The van der Waals surface area contributed by atoms with Crippen LogP contribution in [0.1, 0.15) is 13.3 Å². The molecule has 2 heteroatoms. The van der Waals surface area contributed by atoms with Gasteiger partial charge in [0.25, 0.3) is 0 Å². The van der Waals surface area contributed by atoms with Gasteiger partial charge in [0, 0.05) is 5.70 Å². The van der Waals surface area contributed by atoms with Crippen LogP contribution in [0.3, 0.4) is 0 Å². The van der Waals surface area contributed by atoms with E-state index in [9.17, 15) is 0 Å². The number of fused-ring (bicyclic) bond motifs is 1. The van der Waals surface area contributed by atoms with Gasteiger partial charge in [0.05, 0.1) is 4.61 Å². The van der Waals surface area contributed by atoms with Crippen molar-refractivity contribution in [1.29, 1.82) is 0 Å². The minimum Gasteiger partial charge on any atom is -0.349 e. The number of allylic oxidation sites excluding steroid dienone is 8. The molecular weight excluding hydrogens is 238 g/mol. The van der Waals surface area contributed by atoms with Gasteiger partial charge in [-0.2, -0.15) is 0 Å². The van der Waals surface area contributed by atoms with Gasteiger partial charge in [-0.05, 0) is 46.5 Å². The maximum atomic E-state index is 3.50.